The normalized spacial score (nSPS) is 47.5. The van der Waals surface area contributed by atoms with E-state index in [2.05, 4.69) is 4.72 Å². The third-order valence-electron chi connectivity index (χ3n) is 0.657. The van der Waals surface area contributed by atoms with Crippen molar-refractivity contribution in [1.29, 1.82) is 0 Å². The van der Waals surface area contributed by atoms with Crippen molar-refractivity contribution in [3.63, 3.8) is 0 Å². The Hall–Kier alpha value is 1.04. The molecule has 0 aromatic carbocycles. The first kappa shape index (κ1) is 7.15. The predicted octanol–water partition coefficient (Wildman–Crippen LogP) is 1.03. The van der Waals surface area contributed by atoms with Crippen molar-refractivity contribution < 1.29 is 4.21 Å². The molecular formula is C2H3Cl2NOS2. The highest BCUT2D eigenvalue weighted by molar-refractivity contribution is 8.69. The Labute approximate surface area is 63.3 Å². The van der Waals surface area contributed by atoms with Gasteiger partial charge in [0.15, 0.2) is 0 Å². The van der Waals surface area contributed by atoms with Crippen LogP contribution in [0.3, 0.4) is 0 Å². The first-order chi connectivity index (χ1) is 3.72. The Morgan fingerprint density at radius 1 is 1.62 bits per heavy atom. The fourth-order valence-electron chi connectivity index (χ4n) is 0.290. The predicted molar refractivity (Wildman–Crippen MR) is 38.2 cm³/mol. The van der Waals surface area contributed by atoms with Gasteiger partial charge in [-0.25, -0.2) is 8.93 Å². The van der Waals surface area contributed by atoms with Gasteiger partial charge in [0.25, 0.3) is 0 Å². The van der Waals surface area contributed by atoms with E-state index in [4.69, 9.17) is 23.2 Å². The molecule has 0 aromatic rings. The molecule has 1 heterocycles. The van der Waals surface area contributed by atoms with Gasteiger partial charge in [-0.05, 0) is 0 Å². The van der Waals surface area contributed by atoms with E-state index in [0.29, 0.717) is 0 Å². The minimum atomic E-state index is -1.06. The maximum atomic E-state index is 10.6. The highest BCUT2D eigenvalue weighted by Gasteiger charge is 2.30. The molecule has 3 atom stereocenters. The number of rotatable bonds is 0. The minimum absolute atomic E-state index is 0.359. The van der Waals surface area contributed by atoms with Crippen molar-refractivity contribution in [3.05, 3.63) is 0 Å². The second-order valence-corrected chi connectivity index (χ2v) is 5.33. The summed E-state index contributed by atoms with van der Waals surface area (Å²) in [7, 11) is 0.0131. The fourth-order valence-corrected chi connectivity index (χ4v) is 3.48. The van der Waals surface area contributed by atoms with E-state index in [-0.39, 0.29) is 5.50 Å². The quantitative estimate of drug-likeness (QED) is 0.269. The largest absolute Gasteiger partial charge is 0.245 e. The first-order valence-electron chi connectivity index (χ1n) is 1.83. The summed E-state index contributed by atoms with van der Waals surface area (Å²) in [6.45, 7) is 0. The van der Waals surface area contributed by atoms with E-state index >= 15 is 0 Å². The Morgan fingerprint density at radius 3 is 2.38 bits per heavy atom. The number of nitrogens with one attached hydrogen (secondary N) is 1. The summed E-state index contributed by atoms with van der Waals surface area (Å²) in [6, 6.07) is 0. The van der Waals surface area contributed by atoms with Crippen molar-refractivity contribution in [2.75, 3.05) is 0 Å². The van der Waals surface area contributed by atoms with Gasteiger partial charge in [-0.3, -0.25) is 0 Å². The number of hydrogen-bond donors (Lipinski definition) is 1. The summed E-state index contributed by atoms with van der Waals surface area (Å²) in [6.07, 6.45) is 0. The van der Waals surface area contributed by atoms with Crippen LogP contribution in [0.1, 0.15) is 0 Å². The van der Waals surface area contributed by atoms with Crippen molar-refractivity contribution in [3.8, 4) is 0 Å². The van der Waals surface area contributed by atoms with E-state index in [1.54, 1.807) is 0 Å². The molecule has 1 rings (SSSR count). The average Bonchev–Trinajstić information content (AvgIpc) is 1.98. The van der Waals surface area contributed by atoms with Crippen molar-refractivity contribution in [1.82, 2.24) is 4.72 Å². The smallest absolute Gasteiger partial charge is 0.150 e. The average molecular weight is 192 g/mol. The highest BCUT2D eigenvalue weighted by atomic mass is 35.5. The van der Waals surface area contributed by atoms with Gasteiger partial charge in [-0.1, -0.05) is 0 Å². The van der Waals surface area contributed by atoms with Crippen LogP contribution >= 0.6 is 34.2 Å². The van der Waals surface area contributed by atoms with Crippen LogP contribution in [0, 0.1) is 0 Å². The molecule has 0 aliphatic carbocycles. The molecule has 0 spiro atoms. The lowest BCUT2D eigenvalue weighted by molar-refractivity contribution is 0.689. The monoisotopic (exact) mass is 191 g/mol. The second kappa shape index (κ2) is 2.75. The zero-order valence-corrected chi connectivity index (χ0v) is 6.78. The van der Waals surface area contributed by atoms with Crippen molar-refractivity contribution in [2.45, 2.75) is 10.2 Å². The SMILES string of the molecule is O=S1SNC(Cl)C1Cl. The maximum absolute atomic E-state index is 10.6. The number of halogens is 2. The Bertz CT molecular complexity index is 121. The van der Waals surface area contributed by atoms with Gasteiger partial charge in [-0.15, -0.1) is 23.2 Å². The van der Waals surface area contributed by atoms with E-state index in [1.807, 2.05) is 0 Å². The van der Waals surface area contributed by atoms with Gasteiger partial charge in [-0.2, -0.15) is 0 Å². The standard InChI is InChI=1S/C2H3Cl2NOS2/c3-1-2(4)8(6)7-5-1/h1-2,5H. The molecular weight excluding hydrogens is 189 g/mol. The molecule has 8 heavy (non-hydrogen) atoms. The van der Waals surface area contributed by atoms with E-state index < -0.39 is 14.5 Å². The molecule has 1 fully saturated rings. The third kappa shape index (κ3) is 1.30. The lowest BCUT2D eigenvalue weighted by atomic mass is 10.8. The molecule has 2 nitrogen and oxygen atoms in total. The lowest BCUT2D eigenvalue weighted by Gasteiger charge is -1.97. The summed E-state index contributed by atoms with van der Waals surface area (Å²) >= 11 is 11.0. The van der Waals surface area contributed by atoms with Crippen LogP contribution in [0.4, 0.5) is 0 Å². The lowest BCUT2D eigenvalue weighted by Crippen LogP contribution is -2.18. The molecule has 0 saturated carbocycles. The number of alkyl halides is 2. The maximum Gasteiger partial charge on any atom is 0.150 e. The Morgan fingerprint density at radius 2 is 2.25 bits per heavy atom. The van der Waals surface area contributed by atoms with Crippen molar-refractivity contribution >= 4 is 44.0 Å². The van der Waals surface area contributed by atoms with Crippen LogP contribution < -0.4 is 4.72 Å². The van der Waals surface area contributed by atoms with Gasteiger partial charge in [0.2, 0.25) is 0 Å². The summed E-state index contributed by atoms with van der Waals surface area (Å²) in [5.74, 6) is 0. The molecule has 0 aromatic heterocycles. The second-order valence-electron chi connectivity index (χ2n) is 1.21. The Kier molecular flexibility index (Phi) is 2.46. The highest BCUT2D eigenvalue weighted by Crippen LogP contribution is 2.27. The zero-order chi connectivity index (χ0) is 6.15. The molecule has 1 saturated heterocycles. The van der Waals surface area contributed by atoms with Crippen LogP contribution in [0.5, 0.6) is 0 Å². The molecule has 3 unspecified atom stereocenters. The zero-order valence-electron chi connectivity index (χ0n) is 3.64. The summed E-state index contributed by atoms with van der Waals surface area (Å²) in [5.41, 5.74) is -0.359. The first-order valence-corrected chi connectivity index (χ1v) is 5.25. The molecule has 6 heteroatoms. The molecule has 1 aliphatic heterocycles. The van der Waals surface area contributed by atoms with Crippen LogP contribution in [0.15, 0.2) is 0 Å². The molecule has 48 valence electrons. The summed E-state index contributed by atoms with van der Waals surface area (Å²) in [4.78, 5) is 0. The van der Waals surface area contributed by atoms with Crippen molar-refractivity contribution in [2.24, 2.45) is 0 Å². The van der Waals surface area contributed by atoms with Crippen LogP contribution in [0.2, 0.25) is 0 Å². The van der Waals surface area contributed by atoms with Crippen LogP contribution in [-0.4, -0.2) is 14.4 Å². The van der Waals surface area contributed by atoms with Crippen LogP contribution in [0.25, 0.3) is 0 Å². The van der Waals surface area contributed by atoms with Gasteiger partial charge in [0.1, 0.15) is 20.0 Å². The van der Waals surface area contributed by atoms with Gasteiger partial charge >= 0.3 is 0 Å². The molecule has 1 aliphatic rings. The minimum Gasteiger partial charge on any atom is -0.245 e. The topological polar surface area (TPSA) is 29.1 Å². The molecule has 1 N–H and O–H groups in total. The third-order valence-corrected chi connectivity index (χ3v) is 5.04. The van der Waals surface area contributed by atoms with Gasteiger partial charge in [0, 0.05) is 11.0 Å². The molecule has 0 amide bonds. The van der Waals surface area contributed by atoms with Gasteiger partial charge < -0.3 is 0 Å². The summed E-state index contributed by atoms with van der Waals surface area (Å²) < 4.78 is 12.8. The van der Waals surface area contributed by atoms with E-state index in [1.165, 1.54) is 0 Å². The van der Waals surface area contributed by atoms with Gasteiger partial charge in [0.05, 0.1) is 0 Å². The Balaban J connectivity index is 2.56. The fraction of sp³-hybridized carbons (Fsp3) is 1.00. The molecule has 0 radical (unpaired) electrons. The van der Waals surface area contributed by atoms with E-state index in [0.717, 1.165) is 11.0 Å². The summed E-state index contributed by atoms with van der Waals surface area (Å²) in [5, 5.41) is 0. The number of hydrogen-bond acceptors (Lipinski definition) is 3. The van der Waals surface area contributed by atoms with Crippen LogP contribution in [-0.2, 0) is 9.83 Å². The molecule has 0 bridgehead atoms. The van der Waals surface area contributed by atoms with E-state index in [9.17, 15) is 4.21 Å².